The molecule has 7 rings (SSSR count). The summed E-state index contributed by atoms with van der Waals surface area (Å²) in [6, 6.07) is 0. The molecule has 0 aromatic carbocycles. The molecule has 2 saturated carbocycles. The third-order valence-corrected chi connectivity index (χ3v) is 14.9. The maximum Gasteiger partial charge on any atom is 0.333 e. The zero-order valence-corrected chi connectivity index (χ0v) is 32.5. The van der Waals surface area contributed by atoms with E-state index in [1.807, 2.05) is 6.92 Å². The van der Waals surface area contributed by atoms with Crippen molar-refractivity contribution in [1.29, 1.82) is 0 Å². The first-order chi connectivity index (χ1) is 25.9. The molecule has 0 aromatic rings. The molecule has 0 radical (unpaired) electrons. The van der Waals surface area contributed by atoms with E-state index in [2.05, 4.69) is 29.4 Å². The molecule has 4 saturated heterocycles. The number of carbonyl (C=O) groups is 2. The van der Waals surface area contributed by atoms with Gasteiger partial charge in [-0.2, -0.15) is 0 Å². The molecule has 0 amide bonds. The molecule has 12 heteroatoms. The van der Waals surface area contributed by atoms with Gasteiger partial charge in [-0.15, -0.1) is 5.92 Å². The van der Waals surface area contributed by atoms with Crippen LogP contribution in [0.2, 0.25) is 0 Å². The van der Waals surface area contributed by atoms with Crippen molar-refractivity contribution in [3.63, 3.8) is 0 Å². The Morgan fingerprint density at radius 3 is 2.56 bits per heavy atom. The topological polar surface area (TPSA) is 199 Å². The van der Waals surface area contributed by atoms with E-state index in [0.717, 1.165) is 58.0 Å². The number of ether oxygens (including phenoxy) is 3. The number of hydrogen-bond acceptors (Lipinski definition) is 12. The van der Waals surface area contributed by atoms with Crippen molar-refractivity contribution in [3.8, 4) is 11.8 Å². The van der Waals surface area contributed by atoms with Crippen LogP contribution in [-0.2, 0) is 23.8 Å². The number of Topliss-reactive ketones (excluding diaryl/α,β-unsaturated/α-hetero) is 1. The van der Waals surface area contributed by atoms with Crippen molar-refractivity contribution in [3.05, 3.63) is 11.6 Å². The van der Waals surface area contributed by atoms with Crippen molar-refractivity contribution in [2.45, 2.75) is 152 Å². The Labute approximate surface area is 321 Å². The summed E-state index contributed by atoms with van der Waals surface area (Å²) in [5.41, 5.74) is 12.4. The lowest BCUT2D eigenvalue weighted by atomic mass is 9.53. The normalized spacial score (nSPS) is 48.5. The molecular formula is C42H66N4O8. The lowest BCUT2D eigenvalue weighted by Crippen LogP contribution is -2.71. The molecule has 7 aliphatic rings. The number of piperidine rings is 2. The molecule has 2 bridgehead atoms. The molecule has 2 aliphatic carbocycles. The summed E-state index contributed by atoms with van der Waals surface area (Å²) in [5.74, 6) is 5.56. The number of hydrogen-bond donors (Lipinski definition) is 7. The van der Waals surface area contributed by atoms with Crippen LogP contribution in [-0.4, -0.2) is 101 Å². The summed E-state index contributed by atoms with van der Waals surface area (Å²) in [5, 5.41) is 40.7. The minimum Gasteiger partial charge on any atom is -0.456 e. The van der Waals surface area contributed by atoms with Gasteiger partial charge in [0.05, 0.1) is 55.4 Å². The van der Waals surface area contributed by atoms with Gasteiger partial charge in [-0.25, -0.2) is 4.79 Å². The number of fused-ring (bicyclic) bond motifs is 3. The van der Waals surface area contributed by atoms with Gasteiger partial charge < -0.3 is 51.6 Å². The van der Waals surface area contributed by atoms with Crippen LogP contribution < -0.4 is 22.1 Å². The Kier molecular flexibility index (Phi) is 12.6. The first-order valence-electron chi connectivity index (χ1n) is 21.0. The largest absolute Gasteiger partial charge is 0.456 e. The van der Waals surface area contributed by atoms with Gasteiger partial charge in [0.2, 0.25) is 0 Å². The molecule has 6 fully saturated rings. The van der Waals surface area contributed by atoms with Crippen LogP contribution in [0.1, 0.15) is 97.8 Å². The monoisotopic (exact) mass is 754 g/mol. The average Bonchev–Trinajstić information content (AvgIpc) is 3.15. The second-order valence-electron chi connectivity index (χ2n) is 18.1. The predicted octanol–water partition coefficient (Wildman–Crippen LogP) is 2.12. The number of rotatable bonds is 7. The summed E-state index contributed by atoms with van der Waals surface area (Å²) in [4.78, 5) is 27.7. The molecular weight excluding hydrogens is 688 g/mol. The first-order valence-corrected chi connectivity index (χ1v) is 21.0. The number of ketones is 1. The van der Waals surface area contributed by atoms with E-state index in [1.165, 1.54) is 0 Å². The second kappa shape index (κ2) is 16.9. The first kappa shape index (κ1) is 40.3. The van der Waals surface area contributed by atoms with Gasteiger partial charge in [-0.05, 0) is 115 Å². The zero-order chi connectivity index (χ0) is 38.3. The third kappa shape index (κ3) is 7.96. The SMILES string of the molecule is CC=C(C)C(=O)OC1CC2C(O)C3C(=O)CC(CO)OC3C3C2OC1(C)C(CC1CCC(N)NC1)CC#CC(C1CCCC(O)C1)C3C1CCNC(N)C1. The predicted molar refractivity (Wildman–Crippen MR) is 202 cm³/mol. The summed E-state index contributed by atoms with van der Waals surface area (Å²) in [6.45, 7) is 6.86. The number of aliphatic hydroxyl groups is 3. The number of esters is 1. The molecule has 5 aliphatic heterocycles. The van der Waals surface area contributed by atoms with Crippen molar-refractivity contribution < 1.29 is 39.1 Å². The highest BCUT2D eigenvalue weighted by Crippen LogP contribution is 2.57. The summed E-state index contributed by atoms with van der Waals surface area (Å²) < 4.78 is 20.9. The third-order valence-electron chi connectivity index (χ3n) is 14.9. The molecule has 12 nitrogen and oxygen atoms in total. The van der Waals surface area contributed by atoms with Crippen LogP contribution in [0, 0.1) is 65.1 Å². The number of aliphatic hydroxyl groups excluding tert-OH is 3. The van der Waals surface area contributed by atoms with Crippen molar-refractivity contribution in [1.82, 2.24) is 10.6 Å². The number of nitrogens with two attached hydrogens (primary N) is 2. The Hall–Kier alpha value is -1.92. The second-order valence-corrected chi connectivity index (χ2v) is 18.1. The lowest BCUT2D eigenvalue weighted by Gasteiger charge is -2.62. The Balaban J connectivity index is 1.40. The van der Waals surface area contributed by atoms with E-state index in [0.29, 0.717) is 37.2 Å². The van der Waals surface area contributed by atoms with E-state index in [-0.39, 0.29) is 66.6 Å². The minimum atomic E-state index is -1.08. The fourth-order valence-electron chi connectivity index (χ4n) is 11.8. The van der Waals surface area contributed by atoms with Gasteiger partial charge in [0.15, 0.2) is 0 Å². The molecule has 54 heavy (non-hydrogen) atoms. The summed E-state index contributed by atoms with van der Waals surface area (Å²) >= 11 is 0. The van der Waals surface area contributed by atoms with Gasteiger partial charge in [0.25, 0.3) is 0 Å². The van der Waals surface area contributed by atoms with Gasteiger partial charge in [-0.3, -0.25) is 4.79 Å². The van der Waals surface area contributed by atoms with E-state index in [4.69, 9.17) is 25.7 Å². The molecule has 0 spiro atoms. The number of nitrogens with one attached hydrogen (secondary N) is 2. The van der Waals surface area contributed by atoms with Crippen LogP contribution in [0.15, 0.2) is 11.6 Å². The fourth-order valence-corrected chi connectivity index (χ4v) is 11.8. The maximum absolute atomic E-state index is 14.2. The van der Waals surface area contributed by atoms with Crippen LogP contribution in [0.25, 0.3) is 0 Å². The zero-order valence-electron chi connectivity index (χ0n) is 32.5. The van der Waals surface area contributed by atoms with Gasteiger partial charge in [0, 0.05) is 42.1 Å². The Bertz CT molecular complexity index is 1440. The van der Waals surface area contributed by atoms with Gasteiger partial charge in [-0.1, -0.05) is 18.4 Å². The van der Waals surface area contributed by atoms with E-state index < -0.39 is 60.0 Å². The fraction of sp³-hybridized carbons (Fsp3) is 0.857. The molecule has 9 N–H and O–H groups in total. The quantitative estimate of drug-likeness (QED) is 0.114. The molecule has 18 atom stereocenters. The summed E-state index contributed by atoms with van der Waals surface area (Å²) in [6.07, 6.45) is 5.78. The van der Waals surface area contributed by atoms with Crippen molar-refractivity contribution in [2.75, 3.05) is 19.7 Å². The Morgan fingerprint density at radius 1 is 1.04 bits per heavy atom. The van der Waals surface area contributed by atoms with Crippen LogP contribution in [0.5, 0.6) is 0 Å². The highest BCUT2D eigenvalue weighted by Gasteiger charge is 2.65. The van der Waals surface area contributed by atoms with Crippen LogP contribution >= 0.6 is 0 Å². The van der Waals surface area contributed by atoms with Crippen molar-refractivity contribution in [2.24, 2.45) is 64.7 Å². The van der Waals surface area contributed by atoms with E-state index in [9.17, 15) is 24.9 Å². The van der Waals surface area contributed by atoms with Gasteiger partial charge >= 0.3 is 5.97 Å². The standard InChI is InChI=1S/C42H66N4O8/c1-4-22(2)41(51)53-32-19-30-38(50)36-31(49)18-28(21-47)52-40(36)37-35(25-13-14-45-34(44)17-25)29(24-7-5-9-27(48)16-24)10-6-8-26(42(32,3)54-39(30)37)15-23-11-12-33(43)46-20-23/h4,23-30,32-40,45-48,50H,5,7-9,11-21,43-44H2,1-3H3. The average molecular weight is 755 g/mol. The maximum atomic E-state index is 14.2. The number of carbonyl (C=O) groups excluding carboxylic acids is 2. The molecule has 302 valence electrons. The molecule has 5 heterocycles. The lowest BCUT2D eigenvalue weighted by molar-refractivity contribution is -0.304. The smallest absolute Gasteiger partial charge is 0.333 e. The van der Waals surface area contributed by atoms with Crippen LogP contribution in [0.4, 0.5) is 0 Å². The molecule has 0 aromatic heterocycles. The van der Waals surface area contributed by atoms with Gasteiger partial charge in [0.1, 0.15) is 17.5 Å². The van der Waals surface area contributed by atoms with E-state index in [1.54, 1.807) is 13.0 Å². The minimum absolute atomic E-state index is 0.0262. The summed E-state index contributed by atoms with van der Waals surface area (Å²) in [7, 11) is 0. The van der Waals surface area contributed by atoms with Crippen LogP contribution in [0.3, 0.4) is 0 Å². The van der Waals surface area contributed by atoms with Crippen molar-refractivity contribution >= 4 is 11.8 Å². The Morgan fingerprint density at radius 2 is 1.85 bits per heavy atom. The molecule has 18 unspecified atom stereocenters. The highest BCUT2D eigenvalue weighted by molar-refractivity contribution is 5.87. The highest BCUT2D eigenvalue weighted by atomic mass is 16.6. The van der Waals surface area contributed by atoms with E-state index >= 15 is 0 Å². The number of allylic oxidation sites excluding steroid dienone is 1.